The number of benzene rings is 1. The van der Waals surface area contributed by atoms with Crippen LogP contribution in [-0.4, -0.2) is 98.9 Å². The minimum Gasteiger partial charge on any atom is -0.453 e. The van der Waals surface area contributed by atoms with Crippen molar-refractivity contribution >= 4 is 17.9 Å². The van der Waals surface area contributed by atoms with E-state index in [9.17, 15) is 19.2 Å². The van der Waals surface area contributed by atoms with Gasteiger partial charge in [-0.25, -0.2) is 14.8 Å². The van der Waals surface area contributed by atoms with Gasteiger partial charge in [-0.1, -0.05) is 45.0 Å². The number of fused-ring (bicyclic) bond motifs is 4. The molecule has 282 valence electrons. The van der Waals surface area contributed by atoms with E-state index in [1.807, 2.05) is 36.1 Å². The molecule has 15 nitrogen and oxygen atoms in total. The summed E-state index contributed by atoms with van der Waals surface area (Å²) in [6.07, 6.45) is 5.63. The van der Waals surface area contributed by atoms with Crippen molar-refractivity contribution in [3.05, 3.63) is 70.8 Å². The normalized spacial score (nSPS) is 19.1. The van der Waals surface area contributed by atoms with E-state index in [1.165, 1.54) is 16.7 Å². The van der Waals surface area contributed by atoms with Crippen LogP contribution in [0.3, 0.4) is 0 Å². The molecular weight excluding hydrogens is 680 g/mol. The molecule has 53 heavy (non-hydrogen) atoms. The van der Waals surface area contributed by atoms with Gasteiger partial charge in [-0.15, -0.1) is 4.73 Å². The predicted octanol–water partition coefficient (Wildman–Crippen LogP) is 4.17. The second kappa shape index (κ2) is 16.5. The first kappa shape index (κ1) is 37.3. The van der Waals surface area contributed by atoms with Crippen molar-refractivity contribution in [1.82, 2.24) is 39.8 Å². The average molecular weight is 729 g/mol. The molecule has 15 heteroatoms. The fourth-order valence-electron chi connectivity index (χ4n) is 6.59. The second-order valence-electron chi connectivity index (χ2n) is 14.0. The number of pyridine rings is 1. The number of carbonyl (C=O) groups is 3. The highest BCUT2D eigenvalue weighted by Gasteiger charge is 2.35. The Bertz CT molecular complexity index is 1970. The summed E-state index contributed by atoms with van der Waals surface area (Å²) in [7, 11) is 2.83. The van der Waals surface area contributed by atoms with E-state index >= 15 is 0 Å². The molecule has 3 amide bonds. The van der Waals surface area contributed by atoms with Crippen molar-refractivity contribution in [2.45, 2.75) is 65.1 Å². The number of amides is 3. The third-order valence-corrected chi connectivity index (χ3v) is 10.0. The molecule has 1 fully saturated rings. The summed E-state index contributed by atoms with van der Waals surface area (Å²) < 4.78 is 11.7. The lowest BCUT2D eigenvalue weighted by Crippen LogP contribution is -2.49. The van der Waals surface area contributed by atoms with Crippen LogP contribution in [0, 0.1) is 11.8 Å². The number of aromatic amines is 2. The Hall–Kier alpha value is -5.44. The van der Waals surface area contributed by atoms with Gasteiger partial charge < -0.3 is 39.4 Å². The van der Waals surface area contributed by atoms with E-state index in [0.29, 0.717) is 47.8 Å². The minimum atomic E-state index is -0.937. The number of nitrogens with one attached hydrogen (secondary N) is 3. The van der Waals surface area contributed by atoms with E-state index in [0.717, 1.165) is 36.5 Å². The molecule has 0 aliphatic carbocycles. The number of imidazole rings is 2. The minimum absolute atomic E-state index is 0.0353. The number of ether oxygens (including phenoxy) is 2. The number of likely N-dealkylation sites (N-methyl/N-ethyl adjacent to an activating group) is 1. The maximum absolute atomic E-state index is 14.0. The monoisotopic (exact) mass is 728 g/mol. The molecule has 3 atom stereocenters. The van der Waals surface area contributed by atoms with Crippen LogP contribution in [0.4, 0.5) is 4.79 Å². The summed E-state index contributed by atoms with van der Waals surface area (Å²) in [5.74, 6) is 1.27. The number of aromatic nitrogens is 5. The molecule has 2 aliphatic rings. The molecule has 3 aromatic heterocycles. The number of rotatable bonds is 6. The zero-order valence-electron chi connectivity index (χ0n) is 30.9. The number of H-pyrrole nitrogens is 2. The van der Waals surface area contributed by atoms with Crippen LogP contribution in [0.2, 0.25) is 0 Å². The van der Waals surface area contributed by atoms with Crippen molar-refractivity contribution < 1.29 is 28.7 Å². The van der Waals surface area contributed by atoms with Crippen LogP contribution in [0.5, 0.6) is 0 Å². The van der Waals surface area contributed by atoms with Crippen LogP contribution < -0.4 is 15.7 Å². The fraction of sp³-hybridized carbons (Fsp3) is 0.474. The van der Waals surface area contributed by atoms with Gasteiger partial charge in [0.25, 0.3) is 5.56 Å². The molecule has 1 saturated heterocycles. The predicted molar refractivity (Wildman–Crippen MR) is 196 cm³/mol. The van der Waals surface area contributed by atoms with Gasteiger partial charge >= 0.3 is 6.09 Å². The molecule has 0 radical (unpaired) electrons. The number of alkyl carbamates (subject to hydrolysis) is 1. The van der Waals surface area contributed by atoms with Gasteiger partial charge in [0, 0.05) is 26.1 Å². The van der Waals surface area contributed by atoms with Crippen LogP contribution in [-0.2, 0) is 25.6 Å². The first-order chi connectivity index (χ1) is 25.5. The van der Waals surface area contributed by atoms with Gasteiger partial charge in [0.1, 0.15) is 30.0 Å². The van der Waals surface area contributed by atoms with Gasteiger partial charge in [-0.05, 0) is 54.9 Å². The lowest BCUT2D eigenvalue weighted by molar-refractivity contribution is -0.137. The Balaban J connectivity index is 1.22. The Morgan fingerprint density at radius 1 is 0.943 bits per heavy atom. The van der Waals surface area contributed by atoms with Crippen LogP contribution in [0.25, 0.3) is 33.8 Å². The number of methoxy groups -OCH3 is 1. The van der Waals surface area contributed by atoms with E-state index < -0.39 is 12.1 Å². The highest BCUT2D eigenvalue weighted by Crippen LogP contribution is 2.34. The SMILES string of the molecule is COC(=O)N[C@H]1COCCCCOn2c(ccc(-c3ccc(-c4cnc([C@@H]5CCCN5C(=O)[C@@H](C)C(C)C)[nH]4)cc3)c2=O)-c2cnc([nH]2)CN(C)C1=O. The first-order valence-corrected chi connectivity index (χ1v) is 18.1. The second-order valence-corrected chi connectivity index (χ2v) is 14.0. The summed E-state index contributed by atoms with van der Waals surface area (Å²) in [5, 5.41) is 2.54. The van der Waals surface area contributed by atoms with E-state index in [2.05, 4.69) is 43.8 Å². The van der Waals surface area contributed by atoms with Crippen LogP contribution in [0.15, 0.2) is 53.6 Å². The Morgan fingerprint density at radius 2 is 1.68 bits per heavy atom. The maximum Gasteiger partial charge on any atom is 0.407 e. The van der Waals surface area contributed by atoms with Crippen molar-refractivity contribution in [3.63, 3.8) is 0 Å². The number of likely N-dealkylation sites (tertiary alicyclic amines) is 1. The van der Waals surface area contributed by atoms with Gasteiger partial charge in [-0.2, -0.15) is 0 Å². The fourth-order valence-corrected chi connectivity index (χ4v) is 6.59. The average Bonchev–Trinajstić information content (AvgIpc) is 3.95. The standard InChI is InChI=1S/C38H48N8O7/c1-23(2)24(3)35(47)45-16-8-9-32(45)34-40-19-28(42-34)26-12-10-25(11-13-26)27-14-15-31-29-20-39-33(41-29)21-44(4)37(49)30(43-38(50)51-5)22-52-17-6-7-18-53-46(31)36(27)48/h10-15,19-20,23-24,30,32H,6-9,16-18,21-22H2,1-5H3,(H,39,41)(H,40,42)(H,43,50)/t24-,30-,32-/m0/s1. The first-order valence-electron chi connectivity index (χ1n) is 18.1. The van der Waals surface area contributed by atoms with Gasteiger partial charge in [-0.3, -0.25) is 14.4 Å². The Kier molecular flexibility index (Phi) is 11.6. The lowest BCUT2D eigenvalue weighted by Gasteiger charge is -2.27. The summed E-state index contributed by atoms with van der Waals surface area (Å²) in [6, 6.07) is 10.2. The molecule has 5 heterocycles. The number of nitrogens with zero attached hydrogens (tertiary/aromatic N) is 5. The zero-order valence-corrected chi connectivity index (χ0v) is 30.9. The van der Waals surface area contributed by atoms with E-state index in [-0.39, 0.29) is 55.0 Å². The summed E-state index contributed by atoms with van der Waals surface area (Å²) in [4.78, 5) is 77.6. The molecule has 2 bridgehead atoms. The highest BCUT2D eigenvalue weighted by molar-refractivity contribution is 5.85. The number of hydrogen-bond donors (Lipinski definition) is 3. The Labute approximate surface area is 308 Å². The summed E-state index contributed by atoms with van der Waals surface area (Å²) >= 11 is 0. The smallest absolute Gasteiger partial charge is 0.407 e. The van der Waals surface area contributed by atoms with Gasteiger partial charge in [0.15, 0.2) is 0 Å². The van der Waals surface area contributed by atoms with Crippen LogP contribution in [0.1, 0.15) is 64.1 Å². The van der Waals surface area contributed by atoms with E-state index in [4.69, 9.17) is 9.57 Å². The molecule has 0 spiro atoms. The molecular formula is C38H48N8O7. The molecule has 3 N–H and O–H groups in total. The largest absolute Gasteiger partial charge is 0.453 e. The van der Waals surface area contributed by atoms with Crippen molar-refractivity contribution in [2.75, 3.05) is 40.5 Å². The third kappa shape index (κ3) is 8.30. The molecule has 1 aromatic carbocycles. The third-order valence-electron chi connectivity index (χ3n) is 10.0. The Morgan fingerprint density at radius 3 is 2.43 bits per heavy atom. The molecule has 2 aliphatic heterocycles. The summed E-state index contributed by atoms with van der Waals surface area (Å²) in [6.45, 7) is 7.50. The lowest BCUT2D eigenvalue weighted by atomic mass is 9.96. The van der Waals surface area contributed by atoms with Crippen molar-refractivity contribution in [3.8, 4) is 33.8 Å². The van der Waals surface area contributed by atoms with Crippen LogP contribution >= 0.6 is 0 Å². The number of carbonyl (C=O) groups excluding carboxylic acids is 3. The molecule has 6 rings (SSSR count). The van der Waals surface area contributed by atoms with E-state index in [1.54, 1.807) is 31.6 Å². The highest BCUT2D eigenvalue weighted by atomic mass is 16.7. The summed E-state index contributed by atoms with van der Waals surface area (Å²) in [5.41, 5.74) is 3.59. The maximum atomic E-state index is 14.0. The van der Waals surface area contributed by atoms with Gasteiger partial charge in [0.2, 0.25) is 11.8 Å². The topological polar surface area (TPSA) is 177 Å². The molecule has 0 unspecified atom stereocenters. The number of hydrogen-bond acceptors (Lipinski definition) is 9. The van der Waals surface area contributed by atoms with Crippen molar-refractivity contribution in [1.29, 1.82) is 0 Å². The molecule has 4 aromatic rings. The quantitative estimate of drug-likeness (QED) is 0.263. The van der Waals surface area contributed by atoms with Gasteiger partial charge in [0.05, 0.1) is 55.6 Å². The zero-order chi connectivity index (χ0) is 37.6. The molecule has 0 saturated carbocycles. The van der Waals surface area contributed by atoms with Crippen molar-refractivity contribution in [2.24, 2.45) is 11.8 Å².